The second-order valence-corrected chi connectivity index (χ2v) is 10.3. The summed E-state index contributed by atoms with van der Waals surface area (Å²) in [5.74, 6) is 0. The van der Waals surface area contributed by atoms with Gasteiger partial charge in [0.05, 0.1) is 10.0 Å². The normalized spacial score (nSPS) is 18.8. The van der Waals surface area contributed by atoms with Gasteiger partial charge in [0.15, 0.2) is 0 Å². The molecular formula is C25H27Cl4N3O. The summed E-state index contributed by atoms with van der Waals surface area (Å²) in [7, 11) is 0. The number of anilines is 1. The summed E-state index contributed by atoms with van der Waals surface area (Å²) >= 11 is 24.6. The lowest BCUT2D eigenvalue weighted by Crippen LogP contribution is -2.47. The number of benzene rings is 2. The highest BCUT2D eigenvalue weighted by Crippen LogP contribution is 2.33. The molecule has 2 aromatic carbocycles. The third kappa shape index (κ3) is 6.58. The first-order valence-corrected chi connectivity index (χ1v) is 12.8. The molecule has 1 unspecified atom stereocenters. The molecule has 1 heterocycles. The van der Waals surface area contributed by atoms with E-state index >= 15 is 0 Å². The van der Waals surface area contributed by atoms with Crippen molar-refractivity contribution in [3.8, 4) is 0 Å². The van der Waals surface area contributed by atoms with E-state index in [1.54, 1.807) is 24.3 Å². The Labute approximate surface area is 215 Å². The van der Waals surface area contributed by atoms with E-state index in [0.29, 0.717) is 32.3 Å². The van der Waals surface area contributed by atoms with Gasteiger partial charge < -0.3 is 15.1 Å². The zero-order valence-corrected chi connectivity index (χ0v) is 21.3. The third-order valence-corrected chi connectivity index (χ3v) is 7.52. The molecule has 1 aliphatic carbocycles. The van der Waals surface area contributed by atoms with Crippen molar-refractivity contribution in [1.82, 2.24) is 9.80 Å². The van der Waals surface area contributed by atoms with Crippen molar-refractivity contribution in [2.75, 3.05) is 31.5 Å². The minimum Gasteiger partial charge on any atom is -0.320 e. The Bertz CT molecular complexity index is 1020. The summed E-state index contributed by atoms with van der Waals surface area (Å²) in [6.45, 7) is 3.77. The van der Waals surface area contributed by atoms with E-state index in [4.69, 9.17) is 46.4 Å². The molecule has 0 bridgehead atoms. The van der Waals surface area contributed by atoms with E-state index in [1.165, 1.54) is 18.4 Å². The summed E-state index contributed by atoms with van der Waals surface area (Å²) in [4.78, 5) is 17.7. The predicted molar refractivity (Wildman–Crippen MR) is 140 cm³/mol. The molecule has 2 aromatic rings. The standard InChI is InChI=1S/C25H27Cl4N3O/c26-19-13-18(14-20(27)15-19)17-3-6-22(7-4-17)32(12-11-31-9-1-2-10-31)25(33)30-21-5-8-23(28)24(29)16-21/h3,5,8,13-16,22H,1-2,4,6-7,9-12H2,(H,30,33). The molecule has 1 saturated heterocycles. The van der Waals surface area contributed by atoms with Crippen molar-refractivity contribution in [1.29, 1.82) is 0 Å². The summed E-state index contributed by atoms with van der Waals surface area (Å²) in [6.07, 6.45) is 7.20. The summed E-state index contributed by atoms with van der Waals surface area (Å²) in [6, 6.07) is 10.8. The summed E-state index contributed by atoms with van der Waals surface area (Å²) in [5, 5.41) is 5.16. The number of nitrogens with zero attached hydrogens (tertiary/aromatic N) is 2. The highest BCUT2D eigenvalue weighted by molar-refractivity contribution is 6.42. The number of carbonyl (C=O) groups is 1. The molecule has 0 aromatic heterocycles. The highest BCUT2D eigenvalue weighted by atomic mass is 35.5. The SMILES string of the molecule is O=C(Nc1ccc(Cl)c(Cl)c1)N(CCN1CCCC1)C1CC=C(c2cc(Cl)cc(Cl)c2)CC1. The van der Waals surface area contributed by atoms with E-state index in [-0.39, 0.29) is 12.1 Å². The van der Waals surface area contributed by atoms with E-state index < -0.39 is 0 Å². The second-order valence-electron chi connectivity index (χ2n) is 8.62. The average molecular weight is 527 g/mol. The van der Waals surface area contributed by atoms with Crippen molar-refractivity contribution in [2.45, 2.75) is 38.1 Å². The van der Waals surface area contributed by atoms with E-state index in [9.17, 15) is 4.79 Å². The fourth-order valence-electron chi connectivity index (χ4n) is 4.58. The number of carbonyl (C=O) groups excluding carboxylic acids is 1. The van der Waals surface area contributed by atoms with Crippen LogP contribution >= 0.6 is 46.4 Å². The predicted octanol–water partition coefficient (Wildman–Crippen LogP) is 7.87. The number of rotatable bonds is 6. The van der Waals surface area contributed by atoms with Crippen molar-refractivity contribution in [2.24, 2.45) is 0 Å². The molecule has 1 atom stereocenters. The number of halogens is 4. The van der Waals surface area contributed by atoms with Gasteiger partial charge in [-0.2, -0.15) is 0 Å². The molecule has 176 valence electrons. The number of hydrogen-bond donors (Lipinski definition) is 1. The maximum absolute atomic E-state index is 13.3. The van der Waals surface area contributed by atoms with Crippen molar-refractivity contribution in [3.05, 3.63) is 68.1 Å². The fourth-order valence-corrected chi connectivity index (χ4v) is 5.40. The molecule has 1 fully saturated rings. The monoisotopic (exact) mass is 525 g/mol. The topological polar surface area (TPSA) is 35.6 Å². The smallest absolute Gasteiger partial charge is 0.320 e. The quantitative estimate of drug-likeness (QED) is 0.415. The van der Waals surface area contributed by atoms with Crippen LogP contribution in [0, 0.1) is 0 Å². The van der Waals surface area contributed by atoms with Crippen LogP contribution in [0.3, 0.4) is 0 Å². The molecule has 0 spiro atoms. The van der Waals surface area contributed by atoms with Crippen molar-refractivity contribution in [3.63, 3.8) is 0 Å². The number of nitrogens with one attached hydrogen (secondary N) is 1. The zero-order valence-electron chi connectivity index (χ0n) is 18.3. The molecule has 1 N–H and O–H groups in total. The third-order valence-electron chi connectivity index (χ3n) is 6.34. The van der Waals surface area contributed by atoms with E-state index in [0.717, 1.165) is 44.5 Å². The second kappa shape index (κ2) is 11.3. The molecular weight excluding hydrogens is 500 g/mol. The maximum atomic E-state index is 13.3. The van der Waals surface area contributed by atoms with Crippen LogP contribution in [0.1, 0.15) is 37.7 Å². The average Bonchev–Trinajstić information content (AvgIpc) is 3.30. The lowest BCUT2D eigenvalue weighted by Gasteiger charge is -2.35. The van der Waals surface area contributed by atoms with Gasteiger partial charge in [-0.1, -0.05) is 52.5 Å². The van der Waals surface area contributed by atoms with Gasteiger partial charge in [-0.25, -0.2) is 4.79 Å². The van der Waals surface area contributed by atoms with Gasteiger partial charge in [0, 0.05) is 34.9 Å². The first-order valence-electron chi connectivity index (χ1n) is 11.3. The van der Waals surface area contributed by atoms with Gasteiger partial charge >= 0.3 is 6.03 Å². The van der Waals surface area contributed by atoms with E-state index in [1.807, 2.05) is 17.0 Å². The van der Waals surface area contributed by atoms with Crippen LogP contribution in [0.2, 0.25) is 20.1 Å². The van der Waals surface area contributed by atoms with Gasteiger partial charge in [0.2, 0.25) is 0 Å². The van der Waals surface area contributed by atoms with Gasteiger partial charge in [-0.05, 0) is 92.7 Å². The van der Waals surface area contributed by atoms with Gasteiger partial charge in [-0.3, -0.25) is 0 Å². The Kier molecular flexibility index (Phi) is 8.48. The fraction of sp³-hybridized carbons (Fsp3) is 0.400. The molecule has 4 rings (SSSR count). The number of hydrogen-bond acceptors (Lipinski definition) is 2. The van der Waals surface area contributed by atoms with Crippen LogP contribution in [-0.2, 0) is 0 Å². The molecule has 0 saturated carbocycles. The first kappa shape index (κ1) is 24.7. The van der Waals surface area contributed by atoms with Crippen LogP contribution in [0.15, 0.2) is 42.5 Å². The first-order chi connectivity index (χ1) is 15.9. The van der Waals surface area contributed by atoms with Gasteiger partial charge in [-0.15, -0.1) is 0 Å². The number of amides is 2. The Morgan fingerprint density at radius 3 is 2.36 bits per heavy atom. The molecule has 4 nitrogen and oxygen atoms in total. The lowest BCUT2D eigenvalue weighted by atomic mass is 9.90. The lowest BCUT2D eigenvalue weighted by molar-refractivity contribution is 0.170. The van der Waals surface area contributed by atoms with Gasteiger partial charge in [0.1, 0.15) is 0 Å². The minimum atomic E-state index is -0.111. The largest absolute Gasteiger partial charge is 0.322 e. The van der Waals surface area contributed by atoms with Crippen LogP contribution in [0.25, 0.3) is 5.57 Å². The summed E-state index contributed by atoms with van der Waals surface area (Å²) < 4.78 is 0. The van der Waals surface area contributed by atoms with Crippen LogP contribution in [0.5, 0.6) is 0 Å². The molecule has 8 heteroatoms. The Morgan fingerprint density at radius 1 is 1.00 bits per heavy atom. The highest BCUT2D eigenvalue weighted by Gasteiger charge is 2.27. The molecule has 0 radical (unpaired) electrons. The molecule has 2 amide bonds. The zero-order chi connectivity index (χ0) is 23.4. The van der Waals surface area contributed by atoms with E-state index in [2.05, 4.69) is 16.3 Å². The maximum Gasteiger partial charge on any atom is 0.322 e. The van der Waals surface area contributed by atoms with Crippen molar-refractivity contribution >= 4 is 63.7 Å². The van der Waals surface area contributed by atoms with Crippen molar-refractivity contribution < 1.29 is 4.79 Å². The number of allylic oxidation sites excluding steroid dienone is 1. The Hall–Kier alpha value is -1.43. The molecule has 1 aliphatic heterocycles. The van der Waals surface area contributed by atoms with Crippen LogP contribution in [0.4, 0.5) is 10.5 Å². The number of likely N-dealkylation sites (tertiary alicyclic amines) is 1. The number of urea groups is 1. The Morgan fingerprint density at radius 2 is 1.73 bits per heavy atom. The van der Waals surface area contributed by atoms with Crippen LogP contribution in [-0.4, -0.2) is 48.1 Å². The van der Waals surface area contributed by atoms with Crippen LogP contribution < -0.4 is 5.32 Å². The van der Waals surface area contributed by atoms with Gasteiger partial charge in [0.25, 0.3) is 0 Å². The summed E-state index contributed by atoms with van der Waals surface area (Å²) in [5.41, 5.74) is 2.91. The molecule has 33 heavy (non-hydrogen) atoms. The molecule has 2 aliphatic rings. The minimum absolute atomic E-state index is 0.111. The Balaban J connectivity index is 1.48.